The SMILES string of the molecule is CNC(=S)NN=C1CCCC1. The molecule has 1 fully saturated rings. The molecule has 0 amide bonds. The van der Waals surface area contributed by atoms with E-state index in [9.17, 15) is 0 Å². The maximum Gasteiger partial charge on any atom is 0.186 e. The molecule has 62 valence electrons. The molecule has 1 saturated carbocycles. The van der Waals surface area contributed by atoms with Crippen LogP contribution in [0.25, 0.3) is 0 Å². The Balaban J connectivity index is 2.28. The standard InChI is InChI=1S/C7H13N3S/c1-8-7(11)10-9-6-4-2-3-5-6/h2-5H2,1H3,(H2,8,10,11). The Hall–Kier alpha value is -0.640. The average molecular weight is 171 g/mol. The van der Waals surface area contributed by atoms with Crippen LogP contribution in [0.1, 0.15) is 25.7 Å². The van der Waals surface area contributed by atoms with Crippen LogP contribution in [-0.4, -0.2) is 17.9 Å². The van der Waals surface area contributed by atoms with Crippen LogP contribution >= 0.6 is 12.2 Å². The normalized spacial score (nSPS) is 16.3. The monoisotopic (exact) mass is 171 g/mol. The topological polar surface area (TPSA) is 36.4 Å². The molecule has 0 atom stereocenters. The van der Waals surface area contributed by atoms with Crippen molar-refractivity contribution in [3.8, 4) is 0 Å². The molecule has 1 rings (SSSR count). The Kier molecular flexibility index (Phi) is 3.29. The molecular formula is C7H13N3S. The predicted octanol–water partition coefficient (Wildman–Crippen LogP) is 1.01. The van der Waals surface area contributed by atoms with Crippen molar-refractivity contribution in [1.29, 1.82) is 0 Å². The van der Waals surface area contributed by atoms with E-state index in [2.05, 4.69) is 15.8 Å². The van der Waals surface area contributed by atoms with E-state index in [4.69, 9.17) is 12.2 Å². The summed E-state index contributed by atoms with van der Waals surface area (Å²) in [6, 6.07) is 0. The van der Waals surface area contributed by atoms with Gasteiger partial charge in [-0.15, -0.1) is 0 Å². The molecule has 2 N–H and O–H groups in total. The Morgan fingerprint density at radius 3 is 2.64 bits per heavy atom. The second-order valence-electron chi connectivity index (χ2n) is 2.58. The van der Waals surface area contributed by atoms with E-state index in [0.29, 0.717) is 5.11 Å². The summed E-state index contributed by atoms with van der Waals surface area (Å²) < 4.78 is 0. The first kappa shape index (κ1) is 8.46. The lowest BCUT2D eigenvalue weighted by molar-refractivity contribution is 0.886. The van der Waals surface area contributed by atoms with E-state index < -0.39 is 0 Å². The second-order valence-corrected chi connectivity index (χ2v) is 2.98. The van der Waals surface area contributed by atoms with Crippen LogP contribution < -0.4 is 10.7 Å². The molecule has 0 unspecified atom stereocenters. The molecule has 0 aromatic rings. The summed E-state index contributed by atoms with van der Waals surface area (Å²) in [6.07, 6.45) is 4.79. The molecule has 4 heteroatoms. The van der Waals surface area contributed by atoms with Crippen molar-refractivity contribution in [3.63, 3.8) is 0 Å². The second kappa shape index (κ2) is 4.28. The maximum atomic E-state index is 4.86. The summed E-state index contributed by atoms with van der Waals surface area (Å²) in [5, 5.41) is 7.55. The molecule has 3 nitrogen and oxygen atoms in total. The van der Waals surface area contributed by atoms with Crippen molar-refractivity contribution in [3.05, 3.63) is 0 Å². The third-order valence-corrected chi connectivity index (χ3v) is 2.02. The van der Waals surface area contributed by atoms with Crippen LogP contribution in [0.2, 0.25) is 0 Å². The molecule has 0 spiro atoms. The van der Waals surface area contributed by atoms with Gasteiger partial charge in [0.1, 0.15) is 0 Å². The molecule has 11 heavy (non-hydrogen) atoms. The van der Waals surface area contributed by atoms with E-state index in [0.717, 1.165) is 12.8 Å². The van der Waals surface area contributed by atoms with E-state index in [-0.39, 0.29) is 0 Å². The smallest absolute Gasteiger partial charge is 0.186 e. The fourth-order valence-corrected chi connectivity index (χ4v) is 1.13. The van der Waals surface area contributed by atoms with Crippen LogP contribution in [0, 0.1) is 0 Å². The number of rotatable bonds is 1. The lowest BCUT2D eigenvalue weighted by Crippen LogP contribution is -2.29. The van der Waals surface area contributed by atoms with Gasteiger partial charge in [0.05, 0.1) is 0 Å². The van der Waals surface area contributed by atoms with Gasteiger partial charge in [0.25, 0.3) is 0 Å². The van der Waals surface area contributed by atoms with Crippen molar-refractivity contribution in [1.82, 2.24) is 10.7 Å². The van der Waals surface area contributed by atoms with E-state index in [1.807, 2.05) is 0 Å². The van der Waals surface area contributed by atoms with Crippen LogP contribution in [0.15, 0.2) is 5.10 Å². The highest BCUT2D eigenvalue weighted by atomic mass is 32.1. The number of hydrazone groups is 1. The Morgan fingerprint density at radius 2 is 2.09 bits per heavy atom. The molecule has 1 aliphatic carbocycles. The van der Waals surface area contributed by atoms with Crippen LogP contribution in [0.4, 0.5) is 0 Å². The number of hydrogen-bond acceptors (Lipinski definition) is 2. The summed E-state index contributed by atoms with van der Waals surface area (Å²) in [6.45, 7) is 0. The summed E-state index contributed by atoms with van der Waals surface area (Å²) in [5.41, 5.74) is 4.02. The van der Waals surface area contributed by atoms with Gasteiger partial charge in [0.15, 0.2) is 5.11 Å². The highest BCUT2D eigenvalue weighted by molar-refractivity contribution is 7.80. The van der Waals surface area contributed by atoms with Gasteiger partial charge < -0.3 is 5.32 Å². The van der Waals surface area contributed by atoms with Gasteiger partial charge in [0.2, 0.25) is 0 Å². The molecule has 0 saturated heterocycles. The minimum Gasteiger partial charge on any atom is -0.364 e. The number of hydrogen-bond donors (Lipinski definition) is 2. The molecule has 1 aliphatic rings. The van der Waals surface area contributed by atoms with Crippen LogP contribution in [0.3, 0.4) is 0 Å². The Morgan fingerprint density at radius 1 is 1.45 bits per heavy atom. The number of thiocarbonyl (C=S) groups is 1. The quantitative estimate of drug-likeness (QED) is 0.456. The Bertz CT molecular complexity index is 169. The zero-order valence-corrected chi connectivity index (χ0v) is 7.50. The third-order valence-electron chi connectivity index (χ3n) is 1.72. The fraction of sp³-hybridized carbons (Fsp3) is 0.714. The van der Waals surface area contributed by atoms with Gasteiger partial charge >= 0.3 is 0 Å². The maximum absolute atomic E-state index is 4.86. The Labute approximate surface area is 72.2 Å². The third kappa shape index (κ3) is 2.84. The molecule has 0 aliphatic heterocycles. The zero-order chi connectivity index (χ0) is 8.10. The highest BCUT2D eigenvalue weighted by Crippen LogP contribution is 2.13. The fourth-order valence-electron chi connectivity index (χ4n) is 1.08. The summed E-state index contributed by atoms with van der Waals surface area (Å²) >= 11 is 4.86. The molecule has 0 aromatic carbocycles. The minimum atomic E-state index is 0.587. The van der Waals surface area contributed by atoms with Crippen molar-refractivity contribution in [2.45, 2.75) is 25.7 Å². The van der Waals surface area contributed by atoms with E-state index in [1.165, 1.54) is 18.6 Å². The molecular weight excluding hydrogens is 158 g/mol. The first-order valence-electron chi connectivity index (χ1n) is 3.86. The number of nitrogens with one attached hydrogen (secondary N) is 2. The van der Waals surface area contributed by atoms with Crippen LogP contribution in [0.5, 0.6) is 0 Å². The van der Waals surface area contributed by atoms with Gasteiger partial charge in [-0.1, -0.05) is 0 Å². The van der Waals surface area contributed by atoms with Crippen molar-refractivity contribution in [2.75, 3.05) is 7.05 Å². The summed E-state index contributed by atoms with van der Waals surface area (Å²) in [5.74, 6) is 0. The largest absolute Gasteiger partial charge is 0.364 e. The van der Waals surface area contributed by atoms with Gasteiger partial charge in [-0.2, -0.15) is 5.10 Å². The molecule has 0 bridgehead atoms. The first-order chi connectivity index (χ1) is 5.33. The zero-order valence-electron chi connectivity index (χ0n) is 6.68. The van der Waals surface area contributed by atoms with E-state index >= 15 is 0 Å². The number of nitrogens with zero attached hydrogens (tertiary/aromatic N) is 1. The molecule has 0 aromatic heterocycles. The lowest BCUT2D eigenvalue weighted by atomic mass is 10.3. The average Bonchev–Trinajstić information content (AvgIpc) is 2.52. The van der Waals surface area contributed by atoms with Crippen molar-refractivity contribution in [2.24, 2.45) is 5.10 Å². The summed E-state index contributed by atoms with van der Waals surface area (Å²) in [7, 11) is 1.78. The van der Waals surface area contributed by atoms with Gasteiger partial charge in [0, 0.05) is 12.8 Å². The highest BCUT2D eigenvalue weighted by Gasteiger charge is 2.07. The van der Waals surface area contributed by atoms with Gasteiger partial charge in [-0.05, 0) is 37.9 Å². The summed E-state index contributed by atoms with van der Waals surface area (Å²) in [4.78, 5) is 0. The lowest BCUT2D eigenvalue weighted by Gasteiger charge is -2.01. The minimum absolute atomic E-state index is 0.587. The molecule has 0 heterocycles. The van der Waals surface area contributed by atoms with Gasteiger partial charge in [-0.25, -0.2) is 0 Å². The van der Waals surface area contributed by atoms with Crippen molar-refractivity contribution < 1.29 is 0 Å². The first-order valence-corrected chi connectivity index (χ1v) is 4.27. The van der Waals surface area contributed by atoms with Gasteiger partial charge in [-0.3, -0.25) is 5.43 Å². The van der Waals surface area contributed by atoms with E-state index in [1.54, 1.807) is 7.05 Å². The van der Waals surface area contributed by atoms with Crippen LogP contribution in [-0.2, 0) is 0 Å². The van der Waals surface area contributed by atoms with Crippen molar-refractivity contribution >= 4 is 23.0 Å². The predicted molar refractivity (Wildman–Crippen MR) is 50.7 cm³/mol. The molecule has 0 radical (unpaired) electrons.